The SMILES string of the molecule is CCN(C(=O)c1cc2ccccc2[nH]1)[C@H]1COCC(C=N[C@@H]2CCc3ccccc32)C1. The minimum atomic E-state index is 0.0367. The smallest absolute Gasteiger partial charge is 0.270 e. The molecule has 1 aliphatic heterocycles. The van der Waals surface area contributed by atoms with Crippen molar-refractivity contribution in [3.8, 4) is 0 Å². The van der Waals surface area contributed by atoms with Crippen LogP contribution in [-0.2, 0) is 11.2 Å². The second-order valence-corrected chi connectivity index (χ2v) is 8.60. The summed E-state index contributed by atoms with van der Waals surface area (Å²) >= 11 is 0. The summed E-state index contributed by atoms with van der Waals surface area (Å²) in [4.78, 5) is 23.4. The number of fused-ring (bicyclic) bond motifs is 2. The molecule has 31 heavy (non-hydrogen) atoms. The molecular weight excluding hydrogens is 386 g/mol. The Kier molecular flexibility index (Phi) is 5.60. The molecule has 2 heterocycles. The largest absolute Gasteiger partial charge is 0.379 e. The molecule has 0 radical (unpaired) electrons. The van der Waals surface area contributed by atoms with Crippen molar-refractivity contribution in [2.24, 2.45) is 10.9 Å². The summed E-state index contributed by atoms with van der Waals surface area (Å²) in [6.45, 7) is 3.94. The average Bonchev–Trinajstić information content (AvgIpc) is 3.43. The molecule has 5 nitrogen and oxygen atoms in total. The van der Waals surface area contributed by atoms with E-state index in [1.165, 1.54) is 11.1 Å². The van der Waals surface area contributed by atoms with Crippen molar-refractivity contribution in [3.63, 3.8) is 0 Å². The summed E-state index contributed by atoms with van der Waals surface area (Å²) in [7, 11) is 0. The maximum Gasteiger partial charge on any atom is 0.270 e. The van der Waals surface area contributed by atoms with Crippen molar-refractivity contribution < 1.29 is 9.53 Å². The van der Waals surface area contributed by atoms with E-state index in [-0.39, 0.29) is 23.9 Å². The van der Waals surface area contributed by atoms with E-state index in [2.05, 4.69) is 35.5 Å². The average molecular weight is 416 g/mol. The number of hydrogen-bond acceptors (Lipinski definition) is 3. The molecule has 2 aliphatic rings. The van der Waals surface area contributed by atoms with Gasteiger partial charge in [-0.1, -0.05) is 42.5 Å². The van der Waals surface area contributed by atoms with Gasteiger partial charge < -0.3 is 14.6 Å². The Morgan fingerprint density at radius 3 is 2.90 bits per heavy atom. The molecule has 1 fully saturated rings. The van der Waals surface area contributed by atoms with Gasteiger partial charge in [0.05, 0.1) is 25.3 Å². The van der Waals surface area contributed by atoms with Gasteiger partial charge in [0, 0.05) is 29.6 Å². The van der Waals surface area contributed by atoms with Gasteiger partial charge in [-0.15, -0.1) is 0 Å². The monoisotopic (exact) mass is 415 g/mol. The van der Waals surface area contributed by atoms with Crippen molar-refractivity contribution in [3.05, 3.63) is 71.4 Å². The molecule has 5 heteroatoms. The number of carbonyl (C=O) groups excluding carboxylic acids is 1. The second-order valence-electron chi connectivity index (χ2n) is 8.60. The number of ether oxygens (including phenoxy) is 1. The number of likely N-dealkylation sites (N-methyl/N-ethyl adjacent to an activating group) is 1. The van der Waals surface area contributed by atoms with Crippen molar-refractivity contribution in [2.45, 2.75) is 38.3 Å². The minimum Gasteiger partial charge on any atom is -0.379 e. The molecule has 1 saturated heterocycles. The first-order valence-corrected chi connectivity index (χ1v) is 11.3. The summed E-state index contributed by atoms with van der Waals surface area (Å²) in [6, 6.07) is 18.9. The first kappa shape index (κ1) is 20.0. The molecule has 5 rings (SSSR count). The van der Waals surface area contributed by atoms with Crippen LogP contribution in [0.4, 0.5) is 0 Å². The number of benzene rings is 2. The fourth-order valence-electron chi connectivity index (χ4n) is 4.99. The van der Waals surface area contributed by atoms with E-state index in [1.807, 2.05) is 42.2 Å². The van der Waals surface area contributed by atoms with Gasteiger partial charge in [-0.05, 0) is 49.4 Å². The van der Waals surface area contributed by atoms with Gasteiger partial charge in [0.15, 0.2) is 0 Å². The Labute approximate surface area is 183 Å². The number of rotatable bonds is 5. The maximum absolute atomic E-state index is 13.3. The lowest BCUT2D eigenvalue weighted by molar-refractivity contribution is 0.00670. The van der Waals surface area contributed by atoms with Crippen LogP contribution in [0.1, 0.15) is 47.4 Å². The van der Waals surface area contributed by atoms with Crippen LogP contribution in [-0.4, -0.2) is 47.8 Å². The van der Waals surface area contributed by atoms with Gasteiger partial charge in [0.2, 0.25) is 0 Å². The summed E-state index contributed by atoms with van der Waals surface area (Å²) in [5.41, 5.74) is 4.41. The van der Waals surface area contributed by atoms with E-state index in [1.54, 1.807) is 0 Å². The van der Waals surface area contributed by atoms with E-state index in [0.29, 0.717) is 25.5 Å². The van der Waals surface area contributed by atoms with Gasteiger partial charge in [-0.25, -0.2) is 0 Å². The number of para-hydroxylation sites is 1. The number of nitrogens with zero attached hydrogens (tertiary/aromatic N) is 2. The van der Waals surface area contributed by atoms with Gasteiger partial charge >= 0.3 is 0 Å². The molecule has 3 aromatic rings. The normalized spacial score (nSPS) is 23.3. The van der Waals surface area contributed by atoms with Crippen LogP contribution in [0.2, 0.25) is 0 Å². The fraction of sp³-hybridized carbons (Fsp3) is 0.385. The molecule has 0 spiro atoms. The highest BCUT2D eigenvalue weighted by Gasteiger charge is 2.30. The lowest BCUT2D eigenvalue weighted by atomic mass is 9.97. The number of aromatic amines is 1. The van der Waals surface area contributed by atoms with Gasteiger partial charge in [0.25, 0.3) is 5.91 Å². The lowest BCUT2D eigenvalue weighted by Gasteiger charge is -2.35. The quantitative estimate of drug-likeness (QED) is 0.609. The summed E-state index contributed by atoms with van der Waals surface area (Å²) in [5.74, 6) is 0.269. The van der Waals surface area contributed by atoms with Gasteiger partial charge in [0.1, 0.15) is 5.69 Å². The fourth-order valence-corrected chi connectivity index (χ4v) is 4.99. The van der Waals surface area contributed by atoms with E-state index in [4.69, 9.17) is 9.73 Å². The predicted octanol–water partition coefficient (Wildman–Crippen LogP) is 4.79. The van der Waals surface area contributed by atoms with Crippen molar-refractivity contribution in [1.82, 2.24) is 9.88 Å². The number of hydrogen-bond donors (Lipinski definition) is 1. The Balaban J connectivity index is 1.28. The second kappa shape index (κ2) is 8.67. The minimum absolute atomic E-state index is 0.0367. The molecule has 1 aromatic heterocycles. The van der Waals surface area contributed by atoms with Crippen LogP contribution in [0.5, 0.6) is 0 Å². The lowest BCUT2D eigenvalue weighted by Crippen LogP contribution is -2.47. The Morgan fingerprint density at radius 2 is 2.03 bits per heavy atom. The Bertz CT molecular complexity index is 1070. The Hall–Kier alpha value is -2.92. The van der Waals surface area contributed by atoms with Gasteiger partial charge in [-0.3, -0.25) is 9.79 Å². The number of amides is 1. The highest BCUT2D eigenvalue weighted by atomic mass is 16.5. The van der Waals surface area contributed by atoms with E-state index in [9.17, 15) is 4.79 Å². The molecule has 0 saturated carbocycles. The number of H-pyrrole nitrogens is 1. The van der Waals surface area contributed by atoms with Crippen molar-refractivity contribution in [2.75, 3.05) is 19.8 Å². The molecule has 2 aromatic carbocycles. The van der Waals surface area contributed by atoms with Crippen LogP contribution in [0.25, 0.3) is 10.9 Å². The van der Waals surface area contributed by atoms with Crippen LogP contribution in [0.15, 0.2) is 59.6 Å². The van der Waals surface area contributed by atoms with Crippen molar-refractivity contribution >= 4 is 23.0 Å². The zero-order valence-corrected chi connectivity index (χ0v) is 18.0. The molecule has 160 valence electrons. The zero-order chi connectivity index (χ0) is 21.2. The molecule has 1 N–H and O–H groups in total. The number of carbonyl (C=O) groups is 1. The zero-order valence-electron chi connectivity index (χ0n) is 18.0. The predicted molar refractivity (Wildman–Crippen MR) is 124 cm³/mol. The first-order chi connectivity index (χ1) is 15.2. The highest BCUT2D eigenvalue weighted by Crippen LogP contribution is 2.34. The van der Waals surface area contributed by atoms with E-state index in [0.717, 1.165) is 30.2 Å². The molecule has 1 unspecified atom stereocenters. The van der Waals surface area contributed by atoms with Crippen LogP contribution >= 0.6 is 0 Å². The summed E-state index contributed by atoms with van der Waals surface area (Å²) in [5, 5.41) is 1.06. The number of nitrogens with one attached hydrogen (secondary N) is 1. The van der Waals surface area contributed by atoms with Crippen molar-refractivity contribution in [1.29, 1.82) is 0 Å². The number of aryl methyl sites for hydroxylation is 1. The highest BCUT2D eigenvalue weighted by molar-refractivity contribution is 5.98. The van der Waals surface area contributed by atoms with Crippen LogP contribution in [0.3, 0.4) is 0 Å². The third kappa shape index (κ3) is 4.02. The molecule has 0 bridgehead atoms. The molecule has 1 aliphatic carbocycles. The Morgan fingerprint density at radius 1 is 1.19 bits per heavy atom. The summed E-state index contributed by atoms with van der Waals surface area (Å²) < 4.78 is 5.91. The van der Waals surface area contributed by atoms with Crippen LogP contribution in [0, 0.1) is 5.92 Å². The molecular formula is C26H29N3O2. The first-order valence-electron chi connectivity index (χ1n) is 11.3. The van der Waals surface area contributed by atoms with Crippen LogP contribution < -0.4 is 0 Å². The van der Waals surface area contributed by atoms with E-state index >= 15 is 0 Å². The number of aliphatic imine (C=N–C) groups is 1. The third-order valence-corrected chi connectivity index (χ3v) is 6.60. The number of aromatic nitrogens is 1. The summed E-state index contributed by atoms with van der Waals surface area (Å²) in [6.07, 6.45) is 5.15. The topological polar surface area (TPSA) is 57.7 Å². The molecule has 3 atom stereocenters. The maximum atomic E-state index is 13.3. The van der Waals surface area contributed by atoms with E-state index < -0.39 is 0 Å². The standard InChI is InChI=1S/C26H29N3O2/c1-2-29(26(30)25-14-20-8-4-6-10-23(20)28-25)21-13-18(16-31-17-21)15-27-24-12-11-19-7-3-5-9-22(19)24/h3-10,14-15,18,21,24,28H,2,11-13,16-17H2,1H3/t18?,21-,24-/m1/s1. The van der Waals surface area contributed by atoms with Gasteiger partial charge in [-0.2, -0.15) is 0 Å². The third-order valence-electron chi connectivity index (χ3n) is 6.60. The molecule has 1 amide bonds.